The zero-order chi connectivity index (χ0) is 13.0. The normalized spacial score (nSPS) is 10.4. The number of alkyl halides is 1. The summed E-state index contributed by atoms with van der Waals surface area (Å²) in [4.78, 5) is 0. The van der Waals surface area contributed by atoms with E-state index in [0.717, 1.165) is 16.9 Å². The van der Waals surface area contributed by atoms with Crippen LogP contribution in [-0.2, 0) is 12.5 Å². The molecule has 0 fully saturated rings. The smallest absolute Gasteiger partial charge is 0.137 e. The third-order valence-electron chi connectivity index (χ3n) is 2.49. The molecule has 0 heterocycles. The molecule has 1 nitrogen and oxygen atoms in total. The van der Waals surface area contributed by atoms with Crippen molar-refractivity contribution in [2.75, 3.05) is 0 Å². The Balaban J connectivity index is 2.09. The highest BCUT2D eigenvalue weighted by Crippen LogP contribution is 2.22. The largest absolute Gasteiger partial charge is 0.489 e. The van der Waals surface area contributed by atoms with Crippen LogP contribution < -0.4 is 4.74 Å². The van der Waals surface area contributed by atoms with Gasteiger partial charge in [-0.3, -0.25) is 0 Å². The van der Waals surface area contributed by atoms with Crippen molar-refractivity contribution in [2.45, 2.75) is 12.5 Å². The predicted molar refractivity (Wildman–Crippen MR) is 74.4 cm³/mol. The summed E-state index contributed by atoms with van der Waals surface area (Å²) < 4.78 is 19.2. The highest BCUT2D eigenvalue weighted by Gasteiger charge is 2.04. The van der Waals surface area contributed by atoms with Gasteiger partial charge in [0.25, 0.3) is 0 Å². The van der Waals surface area contributed by atoms with Crippen molar-refractivity contribution in [3.63, 3.8) is 0 Å². The number of benzene rings is 2. The Bertz CT molecular complexity index is 545. The zero-order valence-corrected chi connectivity index (χ0v) is 11.8. The number of ether oxygens (including phenoxy) is 1. The third kappa shape index (κ3) is 3.24. The standard InChI is InChI=1S/C14H11BrClFO/c15-12-7-10(5-6-13(12)17)9-18-14-4-2-1-3-11(14)8-16/h1-7H,8-9H2. The van der Waals surface area contributed by atoms with Crippen LogP contribution in [0.4, 0.5) is 4.39 Å². The first kappa shape index (κ1) is 13.4. The van der Waals surface area contributed by atoms with E-state index in [0.29, 0.717) is 17.0 Å². The van der Waals surface area contributed by atoms with Crippen molar-refractivity contribution < 1.29 is 9.13 Å². The number of hydrogen-bond donors (Lipinski definition) is 0. The molecular weight excluding hydrogens is 319 g/mol. The molecule has 0 unspecified atom stereocenters. The fourth-order valence-electron chi connectivity index (χ4n) is 1.55. The molecule has 0 saturated heterocycles. The van der Waals surface area contributed by atoms with Crippen molar-refractivity contribution >= 4 is 27.5 Å². The van der Waals surface area contributed by atoms with Crippen molar-refractivity contribution in [3.8, 4) is 5.75 Å². The molecule has 4 heteroatoms. The van der Waals surface area contributed by atoms with Crippen LogP contribution in [0.1, 0.15) is 11.1 Å². The van der Waals surface area contributed by atoms with Crippen LogP contribution >= 0.6 is 27.5 Å². The minimum atomic E-state index is -0.278. The molecule has 2 aromatic rings. The van der Waals surface area contributed by atoms with E-state index >= 15 is 0 Å². The first-order chi connectivity index (χ1) is 8.70. The zero-order valence-electron chi connectivity index (χ0n) is 9.50. The van der Waals surface area contributed by atoms with Crippen LogP contribution in [0.5, 0.6) is 5.75 Å². The highest BCUT2D eigenvalue weighted by molar-refractivity contribution is 9.10. The number of hydrogen-bond acceptors (Lipinski definition) is 1. The van der Waals surface area contributed by atoms with Crippen molar-refractivity contribution in [1.29, 1.82) is 0 Å². The molecule has 18 heavy (non-hydrogen) atoms. The fourth-order valence-corrected chi connectivity index (χ4v) is 2.19. The Morgan fingerprint density at radius 1 is 1.17 bits per heavy atom. The van der Waals surface area contributed by atoms with Crippen LogP contribution in [-0.4, -0.2) is 0 Å². The maximum absolute atomic E-state index is 13.1. The minimum absolute atomic E-state index is 0.278. The summed E-state index contributed by atoms with van der Waals surface area (Å²) in [6, 6.07) is 12.4. The van der Waals surface area contributed by atoms with E-state index in [1.165, 1.54) is 6.07 Å². The molecule has 0 spiro atoms. The van der Waals surface area contributed by atoms with Gasteiger partial charge in [0.05, 0.1) is 10.4 Å². The third-order valence-corrected chi connectivity index (χ3v) is 3.39. The Kier molecular flexibility index (Phi) is 4.61. The predicted octanol–water partition coefficient (Wildman–Crippen LogP) is 4.91. The van der Waals surface area contributed by atoms with Gasteiger partial charge < -0.3 is 4.74 Å². The molecule has 2 rings (SSSR count). The van der Waals surface area contributed by atoms with Gasteiger partial charge in [-0.05, 0) is 39.7 Å². The quantitative estimate of drug-likeness (QED) is 0.725. The van der Waals surface area contributed by atoms with Gasteiger partial charge in [0.1, 0.15) is 18.2 Å². The van der Waals surface area contributed by atoms with Gasteiger partial charge in [-0.1, -0.05) is 24.3 Å². The molecule has 0 bridgehead atoms. The molecule has 0 aliphatic carbocycles. The maximum Gasteiger partial charge on any atom is 0.137 e. The minimum Gasteiger partial charge on any atom is -0.489 e. The number of halogens is 3. The van der Waals surface area contributed by atoms with Gasteiger partial charge in [0.15, 0.2) is 0 Å². The van der Waals surface area contributed by atoms with E-state index in [1.54, 1.807) is 12.1 Å². The lowest BCUT2D eigenvalue weighted by atomic mass is 10.2. The molecule has 0 atom stereocenters. The van der Waals surface area contributed by atoms with Gasteiger partial charge >= 0.3 is 0 Å². The number of para-hydroxylation sites is 1. The lowest BCUT2D eigenvalue weighted by Gasteiger charge is -2.10. The first-order valence-electron chi connectivity index (χ1n) is 5.41. The summed E-state index contributed by atoms with van der Waals surface area (Å²) >= 11 is 8.97. The van der Waals surface area contributed by atoms with Crippen molar-refractivity contribution in [3.05, 3.63) is 63.9 Å². The number of rotatable bonds is 4. The Morgan fingerprint density at radius 2 is 1.94 bits per heavy atom. The topological polar surface area (TPSA) is 9.23 Å². The highest BCUT2D eigenvalue weighted by atomic mass is 79.9. The van der Waals surface area contributed by atoms with Crippen LogP contribution in [0.2, 0.25) is 0 Å². The van der Waals surface area contributed by atoms with E-state index in [1.807, 2.05) is 24.3 Å². The molecule has 0 saturated carbocycles. The summed E-state index contributed by atoms with van der Waals surface area (Å²) in [5.41, 5.74) is 1.84. The van der Waals surface area contributed by atoms with Gasteiger partial charge in [-0.25, -0.2) is 4.39 Å². The second-order valence-corrected chi connectivity index (χ2v) is 4.90. The maximum atomic E-state index is 13.1. The van der Waals surface area contributed by atoms with E-state index in [2.05, 4.69) is 15.9 Å². The molecule has 2 aromatic carbocycles. The van der Waals surface area contributed by atoms with Crippen molar-refractivity contribution in [1.82, 2.24) is 0 Å². The molecular formula is C14H11BrClFO. The second-order valence-electron chi connectivity index (χ2n) is 3.78. The van der Waals surface area contributed by atoms with Gasteiger partial charge in [0, 0.05) is 5.56 Å². The average Bonchev–Trinajstić information content (AvgIpc) is 2.40. The molecule has 94 valence electrons. The van der Waals surface area contributed by atoms with Crippen LogP contribution in [0.25, 0.3) is 0 Å². The van der Waals surface area contributed by atoms with Gasteiger partial charge in [0.2, 0.25) is 0 Å². The summed E-state index contributed by atoms with van der Waals surface area (Å²) in [6.45, 7) is 0.382. The van der Waals surface area contributed by atoms with Crippen molar-refractivity contribution in [2.24, 2.45) is 0 Å². The lowest BCUT2D eigenvalue weighted by Crippen LogP contribution is -1.98. The molecule has 0 amide bonds. The van der Waals surface area contributed by atoms with Gasteiger partial charge in [-0.2, -0.15) is 0 Å². The summed E-state index contributed by atoms with van der Waals surface area (Å²) in [7, 11) is 0. The molecule has 0 aromatic heterocycles. The van der Waals surface area contributed by atoms with Crippen LogP contribution in [0.3, 0.4) is 0 Å². The molecule has 0 N–H and O–H groups in total. The van der Waals surface area contributed by atoms with E-state index in [9.17, 15) is 4.39 Å². The Hall–Kier alpha value is -1.06. The van der Waals surface area contributed by atoms with Crippen LogP contribution in [0, 0.1) is 5.82 Å². The van der Waals surface area contributed by atoms with Gasteiger partial charge in [-0.15, -0.1) is 11.6 Å². The summed E-state index contributed by atoms with van der Waals surface area (Å²) in [6.07, 6.45) is 0. The SMILES string of the molecule is Fc1ccc(COc2ccccc2CCl)cc1Br. The first-order valence-corrected chi connectivity index (χ1v) is 6.74. The Morgan fingerprint density at radius 3 is 2.67 bits per heavy atom. The average molecular weight is 330 g/mol. The molecule has 0 aliphatic heterocycles. The van der Waals surface area contributed by atoms with E-state index in [4.69, 9.17) is 16.3 Å². The monoisotopic (exact) mass is 328 g/mol. The lowest BCUT2D eigenvalue weighted by molar-refractivity contribution is 0.303. The molecule has 0 radical (unpaired) electrons. The van der Waals surface area contributed by atoms with Crippen LogP contribution in [0.15, 0.2) is 46.9 Å². The molecule has 0 aliphatic rings. The summed E-state index contributed by atoms with van der Waals surface area (Å²) in [5, 5.41) is 0. The Labute approximate surface area is 119 Å². The fraction of sp³-hybridized carbons (Fsp3) is 0.143. The summed E-state index contributed by atoms with van der Waals surface area (Å²) in [5.74, 6) is 0.886. The van der Waals surface area contributed by atoms with E-state index < -0.39 is 0 Å². The second kappa shape index (κ2) is 6.21. The van der Waals surface area contributed by atoms with E-state index in [-0.39, 0.29) is 5.82 Å².